The van der Waals surface area contributed by atoms with Crippen LogP contribution >= 0.6 is 0 Å². The second-order valence-corrected chi connectivity index (χ2v) is 18.1. The molecule has 3 heteroatoms. The van der Waals surface area contributed by atoms with E-state index in [1.54, 1.807) is 0 Å². The van der Waals surface area contributed by atoms with Gasteiger partial charge in [-0.15, -0.1) is 0 Å². The minimum Gasteiger partial charge on any atom is -0.255 e. The SMILES string of the molecule is CCCCCCCCCCCCCCCCCCCCC(C=Nc1ccc(CCCCCCCCCCC)cc1)=Nc1ccc(CCCCCCCCCCC)cc1.[Ni]. The number of rotatable bonds is 42. The zero-order valence-corrected chi connectivity index (χ0v) is 40.5. The molecule has 0 spiro atoms. The van der Waals surface area contributed by atoms with Crippen LogP contribution in [0.2, 0.25) is 0 Å². The molecule has 0 heterocycles. The summed E-state index contributed by atoms with van der Waals surface area (Å²) in [6.07, 6.45) is 55.7. The van der Waals surface area contributed by atoms with Crippen molar-refractivity contribution in [1.82, 2.24) is 0 Å². The molecular formula is C56H96N2Ni. The summed E-state index contributed by atoms with van der Waals surface area (Å²) in [5.74, 6) is 0. The Balaban J connectivity index is 0.0000174. The molecule has 0 unspecified atom stereocenters. The number of hydrogen-bond acceptors (Lipinski definition) is 2. The number of nitrogens with zero attached hydrogens (tertiary/aromatic N) is 2. The fraction of sp³-hybridized carbons (Fsp3) is 0.750. The molecule has 0 aliphatic heterocycles. The van der Waals surface area contributed by atoms with Gasteiger partial charge in [-0.05, 0) is 73.9 Å². The first-order valence-corrected chi connectivity index (χ1v) is 26.0. The number of benzene rings is 2. The molecule has 340 valence electrons. The fourth-order valence-corrected chi connectivity index (χ4v) is 8.44. The van der Waals surface area contributed by atoms with Crippen LogP contribution in [0.4, 0.5) is 11.4 Å². The largest absolute Gasteiger partial charge is 0.255 e. The second-order valence-electron chi connectivity index (χ2n) is 18.1. The predicted molar refractivity (Wildman–Crippen MR) is 263 cm³/mol. The topological polar surface area (TPSA) is 24.7 Å². The summed E-state index contributed by atoms with van der Waals surface area (Å²) < 4.78 is 0. The molecule has 0 N–H and O–H groups in total. The molecule has 0 atom stereocenters. The monoisotopic (exact) mass is 855 g/mol. The Bertz CT molecular complexity index is 1200. The Hall–Kier alpha value is -1.73. The summed E-state index contributed by atoms with van der Waals surface area (Å²) in [4.78, 5) is 10.1. The van der Waals surface area contributed by atoms with Crippen molar-refractivity contribution in [2.45, 2.75) is 271 Å². The molecule has 2 rings (SSSR count). The van der Waals surface area contributed by atoms with Crippen LogP contribution in [0.5, 0.6) is 0 Å². The molecule has 0 aliphatic rings. The summed E-state index contributed by atoms with van der Waals surface area (Å²) in [6, 6.07) is 18.1. The first-order valence-electron chi connectivity index (χ1n) is 26.0. The quantitative estimate of drug-likeness (QED) is 0.0361. The van der Waals surface area contributed by atoms with Gasteiger partial charge in [0.25, 0.3) is 0 Å². The van der Waals surface area contributed by atoms with Crippen LogP contribution in [0, 0.1) is 0 Å². The van der Waals surface area contributed by atoms with E-state index in [1.807, 2.05) is 0 Å². The molecule has 2 aromatic carbocycles. The van der Waals surface area contributed by atoms with Crippen LogP contribution in [0.15, 0.2) is 58.5 Å². The van der Waals surface area contributed by atoms with Crippen molar-refractivity contribution in [2.75, 3.05) is 0 Å². The predicted octanol–water partition coefficient (Wildman–Crippen LogP) is 19.7. The third-order valence-electron chi connectivity index (χ3n) is 12.4. The van der Waals surface area contributed by atoms with Crippen LogP contribution in [0.3, 0.4) is 0 Å². The van der Waals surface area contributed by atoms with Gasteiger partial charge in [0.05, 0.1) is 17.1 Å². The van der Waals surface area contributed by atoms with Gasteiger partial charge < -0.3 is 0 Å². The normalized spacial score (nSPS) is 11.8. The molecule has 0 saturated carbocycles. The summed E-state index contributed by atoms with van der Waals surface area (Å²) >= 11 is 0. The molecule has 0 saturated heterocycles. The van der Waals surface area contributed by atoms with E-state index >= 15 is 0 Å². The molecule has 0 aliphatic carbocycles. The summed E-state index contributed by atoms with van der Waals surface area (Å²) in [6.45, 7) is 6.91. The summed E-state index contributed by atoms with van der Waals surface area (Å²) in [5, 5.41) is 0. The third kappa shape index (κ3) is 34.5. The fourth-order valence-electron chi connectivity index (χ4n) is 8.44. The van der Waals surface area contributed by atoms with Gasteiger partial charge in [-0.3, -0.25) is 9.98 Å². The number of aryl methyl sites for hydroxylation is 2. The van der Waals surface area contributed by atoms with Crippen molar-refractivity contribution in [3.63, 3.8) is 0 Å². The summed E-state index contributed by atoms with van der Waals surface area (Å²) in [5.41, 5.74) is 6.11. The van der Waals surface area contributed by atoms with Gasteiger partial charge in [0, 0.05) is 22.7 Å². The number of hydrogen-bond donors (Lipinski definition) is 0. The molecule has 59 heavy (non-hydrogen) atoms. The van der Waals surface area contributed by atoms with Gasteiger partial charge in [0.2, 0.25) is 0 Å². The molecule has 0 radical (unpaired) electrons. The van der Waals surface area contributed by atoms with Crippen LogP contribution < -0.4 is 0 Å². The maximum atomic E-state index is 5.15. The van der Waals surface area contributed by atoms with Crippen LogP contribution in [-0.2, 0) is 29.3 Å². The van der Waals surface area contributed by atoms with E-state index in [4.69, 9.17) is 9.98 Å². The first kappa shape index (κ1) is 55.3. The Morgan fingerprint density at radius 2 is 0.610 bits per heavy atom. The number of unbranched alkanes of at least 4 members (excludes halogenated alkanes) is 33. The van der Waals surface area contributed by atoms with E-state index in [1.165, 1.54) is 255 Å². The van der Waals surface area contributed by atoms with Crippen LogP contribution in [0.25, 0.3) is 0 Å². The van der Waals surface area contributed by atoms with Crippen molar-refractivity contribution in [1.29, 1.82) is 0 Å². The van der Waals surface area contributed by atoms with E-state index in [0.29, 0.717) is 0 Å². The Morgan fingerprint density at radius 1 is 0.339 bits per heavy atom. The third-order valence-corrected chi connectivity index (χ3v) is 12.4. The second kappa shape index (κ2) is 42.9. The van der Waals surface area contributed by atoms with Gasteiger partial charge in [-0.2, -0.15) is 0 Å². The summed E-state index contributed by atoms with van der Waals surface area (Å²) in [7, 11) is 0. The molecule has 0 fully saturated rings. The van der Waals surface area contributed by atoms with Gasteiger partial charge in [0.15, 0.2) is 0 Å². The van der Waals surface area contributed by atoms with Gasteiger partial charge in [-0.1, -0.05) is 257 Å². The molecule has 0 aromatic heterocycles. The van der Waals surface area contributed by atoms with Crippen molar-refractivity contribution < 1.29 is 16.5 Å². The molecule has 2 nitrogen and oxygen atoms in total. The Morgan fingerprint density at radius 3 is 0.932 bits per heavy atom. The van der Waals surface area contributed by atoms with E-state index in [0.717, 1.165) is 23.5 Å². The maximum Gasteiger partial charge on any atom is 0.0633 e. The standard InChI is InChI=1S/C56H96N2.Ni/c1-4-7-10-13-16-19-20-21-22-23-24-25-26-27-30-33-36-39-42-56(58-55-49-45-53(46-50-55)41-38-35-32-29-18-15-12-9-6-3)51-57-54-47-43-52(44-48-54)40-37-34-31-28-17-14-11-8-5-2;/h43-51H,4-42H2,1-3H3;. The first-order chi connectivity index (χ1) is 28.7. The molecule has 0 amide bonds. The minimum absolute atomic E-state index is 0. The van der Waals surface area contributed by atoms with Crippen molar-refractivity contribution in [3.05, 3.63) is 59.7 Å². The van der Waals surface area contributed by atoms with Gasteiger partial charge in [-0.25, -0.2) is 0 Å². The zero-order valence-electron chi connectivity index (χ0n) is 39.5. The Labute approximate surface area is 378 Å². The van der Waals surface area contributed by atoms with Crippen molar-refractivity contribution >= 4 is 23.3 Å². The minimum atomic E-state index is 0. The smallest absolute Gasteiger partial charge is 0.0633 e. The Kier molecular flexibility index (Phi) is 40.2. The molecular weight excluding hydrogens is 759 g/mol. The van der Waals surface area contributed by atoms with E-state index < -0.39 is 0 Å². The van der Waals surface area contributed by atoms with Gasteiger partial charge in [0.1, 0.15) is 0 Å². The van der Waals surface area contributed by atoms with E-state index in [-0.39, 0.29) is 16.5 Å². The molecule has 0 bridgehead atoms. The van der Waals surface area contributed by atoms with E-state index in [9.17, 15) is 0 Å². The van der Waals surface area contributed by atoms with Crippen LogP contribution in [-0.4, -0.2) is 11.9 Å². The van der Waals surface area contributed by atoms with Crippen molar-refractivity contribution in [3.8, 4) is 0 Å². The van der Waals surface area contributed by atoms with Crippen LogP contribution in [0.1, 0.15) is 269 Å². The van der Waals surface area contributed by atoms with Gasteiger partial charge >= 0.3 is 0 Å². The molecule has 2 aromatic rings. The zero-order chi connectivity index (χ0) is 41.2. The number of aliphatic imine (C=N–C) groups is 2. The maximum absolute atomic E-state index is 5.15. The average molecular weight is 856 g/mol. The van der Waals surface area contributed by atoms with Crippen molar-refractivity contribution in [2.24, 2.45) is 9.98 Å². The van der Waals surface area contributed by atoms with E-state index in [2.05, 4.69) is 75.5 Å². The average Bonchev–Trinajstić information content (AvgIpc) is 3.24.